The fourth-order valence-corrected chi connectivity index (χ4v) is 5.83. The minimum atomic E-state index is -0.615. The van der Waals surface area contributed by atoms with Gasteiger partial charge < -0.3 is 23.9 Å². The van der Waals surface area contributed by atoms with E-state index in [1.54, 1.807) is 11.8 Å². The third kappa shape index (κ3) is 4.51. The van der Waals surface area contributed by atoms with Gasteiger partial charge in [0, 0.05) is 19.0 Å². The summed E-state index contributed by atoms with van der Waals surface area (Å²) in [7, 11) is 1.95. The van der Waals surface area contributed by atoms with Crippen LogP contribution in [0.2, 0.25) is 0 Å². The number of rotatable bonds is 8. The molecule has 166 valence electrons. The topological polar surface area (TPSA) is 72.1 Å². The molecule has 30 heavy (non-hydrogen) atoms. The number of ether oxygens (including phenoxy) is 2. The maximum Gasteiger partial charge on any atom is 0.310 e. The second-order valence-corrected chi connectivity index (χ2v) is 9.80. The molecule has 2 fully saturated rings. The molecule has 1 saturated heterocycles. The molecular weight excluding hydrogens is 382 g/mol. The Kier molecular flexibility index (Phi) is 6.37. The van der Waals surface area contributed by atoms with Crippen molar-refractivity contribution in [2.75, 3.05) is 26.7 Å². The zero-order valence-corrected chi connectivity index (χ0v) is 18.4. The van der Waals surface area contributed by atoms with Crippen LogP contribution >= 0.6 is 0 Å². The molecule has 6 heteroatoms. The summed E-state index contributed by atoms with van der Waals surface area (Å²) in [4.78, 5) is 14.7. The lowest BCUT2D eigenvalue weighted by molar-refractivity contribution is -0.145. The van der Waals surface area contributed by atoms with Gasteiger partial charge in [-0.1, -0.05) is 18.1 Å². The van der Waals surface area contributed by atoms with Gasteiger partial charge in [0.1, 0.15) is 18.5 Å². The first kappa shape index (κ1) is 21.6. The standard InChI is InChI=1S/C24H35NO5/c1-16-6-4-8-24(2)11-22-19(10-21(16)24)20(23(27)30-22)13-25(3)12-17(26)14-28-15-18-7-5-9-29-18/h5,7,9,17,19-20,22,26H,4,6,8,10-15H2,1-3H3. The lowest BCUT2D eigenvalue weighted by atomic mass is 9.59. The highest BCUT2D eigenvalue weighted by molar-refractivity contribution is 5.76. The Hall–Kier alpha value is -1.63. The van der Waals surface area contributed by atoms with Gasteiger partial charge in [0.25, 0.3) is 0 Å². The molecule has 6 nitrogen and oxygen atoms in total. The van der Waals surface area contributed by atoms with Gasteiger partial charge in [0.05, 0.1) is 24.9 Å². The van der Waals surface area contributed by atoms with Crippen molar-refractivity contribution in [3.8, 4) is 0 Å². The van der Waals surface area contributed by atoms with Crippen LogP contribution in [0.25, 0.3) is 0 Å². The molecule has 2 heterocycles. The predicted molar refractivity (Wildman–Crippen MR) is 113 cm³/mol. The van der Waals surface area contributed by atoms with Crippen LogP contribution < -0.4 is 0 Å². The average molecular weight is 418 g/mol. The van der Waals surface area contributed by atoms with E-state index in [2.05, 4.69) is 13.8 Å². The van der Waals surface area contributed by atoms with Crippen molar-refractivity contribution >= 4 is 5.97 Å². The highest BCUT2D eigenvalue weighted by Gasteiger charge is 2.53. The minimum absolute atomic E-state index is 0.0390. The molecule has 2 aliphatic carbocycles. The zero-order chi connectivity index (χ0) is 21.3. The molecule has 1 saturated carbocycles. The monoisotopic (exact) mass is 417 g/mol. The van der Waals surface area contributed by atoms with Crippen molar-refractivity contribution in [2.45, 2.75) is 64.8 Å². The highest BCUT2D eigenvalue weighted by atomic mass is 16.6. The third-order valence-corrected chi connectivity index (χ3v) is 7.35. The van der Waals surface area contributed by atoms with Crippen molar-refractivity contribution in [1.29, 1.82) is 0 Å². The Bertz CT molecular complexity index is 773. The Labute approximate surface area is 179 Å². The molecule has 3 aliphatic rings. The lowest BCUT2D eigenvalue weighted by Gasteiger charge is -2.46. The molecule has 0 bridgehead atoms. The predicted octanol–water partition coefficient (Wildman–Crippen LogP) is 3.55. The minimum Gasteiger partial charge on any atom is -0.467 e. The Morgan fingerprint density at radius 2 is 2.27 bits per heavy atom. The summed E-state index contributed by atoms with van der Waals surface area (Å²) in [5.41, 5.74) is 3.30. The van der Waals surface area contributed by atoms with Crippen molar-refractivity contribution in [3.63, 3.8) is 0 Å². The number of carbonyl (C=O) groups is 1. The maximum absolute atomic E-state index is 12.7. The van der Waals surface area contributed by atoms with E-state index in [0.717, 1.165) is 18.6 Å². The highest BCUT2D eigenvalue weighted by Crippen LogP contribution is 2.55. The fraction of sp³-hybridized carbons (Fsp3) is 0.708. The maximum atomic E-state index is 12.7. The Morgan fingerprint density at radius 3 is 3.03 bits per heavy atom. The number of esters is 1. The molecule has 5 atom stereocenters. The van der Waals surface area contributed by atoms with Gasteiger partial charge in [-0.3, -0.25) is 4.79 Å². The van der Waals surface area contributed by atoms with Crippen LogP contribution in [0.4, 0.5) is 0 Å². The van der Waals surface area contributed by atoms with E-state index >= 15 is 0 Å². The summed E-state index contributed by atoms with van der Waals surface area (Å²) >= 11 is 0. The van der Waals surface area contributed by atoms with Crippen LogP contribution in [-0.4, -0.2) is 54.9 Å². The molecule has 0 spiro atoms. The van der Waals surface area contributed by atoms with E-state index in [0.29, 0.717) is 19.7 Å². The van der Waals surface area contributed by atoms with Gasteiger partial charge in [-0.2, -0.15) is 0 Å². The molecule has 0 radical (unpaired) electrons. The first-order valence-corrected chi connectivity index (χ1v) is 11.2. The van der Waals surface area contributed by atoms with Crippen molar-refractivity contribution in [3.05, 3.63) is 35.3 Å². The quantitative estimate of drug-likeness (QED) is 0.515. The average Bonchev–Trinajstić information content (AvgIpc) is 3.28. The van der Waals surface area contributed by atoms with Crippen LogP contribution in [0.5, 0.6) is 0 Å². The van der Waals surface area contributed by atoms with Crippen molar-refractivity contribution in [1.82, 2.24) is 4.90 Å². The lowest BCUT2D eigenvalue weighted by Crippen LogP contribution is -2.42. The normalized spacial score (nSPS) is 32.2. The van der Waals surface area contributed by atoms with E-state index in [-0.39, 0.29) is 35.9 Å². The summed E-state index contributed by atoms with van der Waals surface area (Å²) in [5.74, 6) is 0.805. The number of likely N-dealkylation sites (N-methyl/N-ethyl adjacent to an activating group) is 1. The molecule has 1 aromatic rings. The summed E-state index contributed by atoms with van der Waals surface area (Å²) in [5, 5.41) is 10.3. The van der Waals surface area contributed by atoms with E-state index in [4.69, 9.17) is 13.9 Å². The number of allylic oxidation sites excluding steroid dienone is 2. The first-order valence-electron chi connectivity index (χ1n) is 11.2. The summed E-state index contributed by atoms with van der Waals surface area (Å²) < 4.78 is 16.6. The number of fused-ring (bicyclic) bond motifs is 2. The molecule has 1 aromatic heterocycles. The zero-order valence-electron chi connectivity index (χ0n) is 18.4. The van der Waals surface area contributed by atoms with Gasteiger partial charge in [-0.15, -0.1) is 0 Å². The van der Waals surface area contributed by atoms with Crippen LogP contribution in [-0.2, 0) is 20.9 Å². The molecule has 1 N–H and O–H groups in total. The number of aliphatic hydroxyl groups excluding tert-OH is 1. The van der Waals surface area contributed by atoms with Gasteiger partial charge in [-0.25, -0.2) is 0 Å². The SMILES string of the molecule is CC1=C2CC3C(CC2(C)CCC1)OC(=O)C3CN(C)CC(O)COCc1ccco1. The second kappa shape index (κ2) is 8.85. The smallest absolute Gasteiger partial charge is 0.310 e. The number of nitrogens with zero attached hydrogens (tertiary/aromatic N) is 1. The van der Waals surface area contributed by atoms with Gasteiger partial charge >= 0.3 is 5.97 Å². The number of aliphatic hydroxyl groups is 1. The second-order valence-electron chi connectivity index (χ2n) is 9.80. The fourth-order valence-electron chi connectivity index (χ4n) is 5.83. The van der Waals surface area contributed by atoms with Crippen LogP contribution in [0.3, 0.4) is 0 Å². The molecule has 0 amide bonds. The number of hydrogen-bond donors (Lipinski definition) is 1. The van der Waals surface area contributed by atoms with E-state index < -0.39 is 6.10 Å². The van der Waals surface area contributed by atoms with E-state index in [9.17, 15) is 9.90 Å². The van der Waals surface area contributed by atoms with E-state index in [1.165, 1.54) is 24.8 Å². The van der Waals surface area contributed by atoms with Crippen LogP contribution in [0.15, 0.2) is 34.0 Å². The molecule has 5 unspecified atom stereocenters. The molecule has 4 rings (SSSR count). The third-order valence-electron chi connectivity index (χ3n) is 7.35. The van der Waals surface area contributed by atoms with Crippen LogP contribution in [0.1, 0.15) is 51.7 Å². The number of carbonyl (C=O) groups excluding carboxylic acids is 1. The van der Waals surface area contributed by atoms with Crippen molar-refractivity contribution < 1.29 is 23.8 Å². The molecular formula is C24H35NO5. The number of hydrogen-bond acceptors (Lipinski definition) is 6. The molecule has 0 aromatic carbocycles. The van der Waals surface area contributed by atoms with Crippen molar-refractivity contribution in [2.24, 2.45) is 17.3 Å². The first-order chi connectivity index (χ1) is 14.4. The van der Waals surface area contributed by atoms with Gasteiger partial charge in [0.2, 0.25) is 0 Å². The van der Waals surface area contributed by atoms with Gasteiger partial charge in [0.15, 0.2) is 0 Å². The summed E-state index contributed by atoms with van der Waals surface area (Å²) in [6, 6.07) is 3.66. The Morgan fingerprint density at radius 1 is 1.43 bits per heavy atom. The Balaban J connectivity index is 1.31. The van der Waals surface area contributed by atoms with Crippen LogP contribution in [0, 0.1) is 17.3 Å². The summed E-state index contributed by atoms with van der Waals surface area (Å²) in [6.07, 6.45) is 6.60. The van der Waals surface area contributed by atoms with Gasteiger partial charge in [-0.05, 0) is 63.6 Å². The largest absolute Gasteiger partial charge is 0.467 e. The molecule has 1 aliphatic heterocycles. The summed E-state index contributed by atoms with van der Waals surface area (Å²) in [6.45, 7) is 6.27. The van der Waals surface area contributed by atoms with E-state index in [1.807, 2.05) is 24.1 Å². The number of furan rings is 1.